The van der Waals surface area contributed by atoms with E-state index in [2.05, 4.69) is 15.3 Å². The summed E-state index contributed by atoms with van der Waals surface area (Å²) in [5, 5.41) is 3.26. The first-order chi connectivity index (χ1) is 7.81. The second-order valence-corrected chi connectivity index (χ2v) is 4.22. The molecule has 0 atom stereocenters. The van der Waals surface area contributed by atoms with Crippen LogP contribution in [0.2, 0.25) is 0 Å². The van der Waals surface area contributed by atoms with Crippen LogP contribution in [0.5, 0.6) is 0 Å². The fraction of sp³-hybridized carbons (Fsp3) is 0.636. The third kappa shape index (κ3) is 2.41. The van der Waals surface area contributed by atoms with Crippen molar-refractivity contribution in [2.45, 2.75) is 31.6 Å². The number of aromatic nitrogens is 2. The monoisotopic (exact) mass is 221 g/mol. The molecule has 0 radical (unpaired) electrons. The molecule has 0 spiro atoms. The Kier molecular flexibility index (Phi) is 3.56. The molecule has 0 amide bonds. The van der Waals surface area contributed by atoms with Crippen molar-refractivity contribution in [1.29, 1.82) is 0 Å². The maximum absolute atomic E-state index is 5.65. The van der Waals surface area contributed by atoms with Gasteiger partial charge in [0.25, 0.3) is 0 Å². The fourth-order valence-electron chi connectivity index (χ4n) is 2.26. The van der Waals surface area contributed by atoms with Crippen molar-refractivity contribution in [1.82, 2.24) is 9.97 Å². The molecule has 5 heteroatoms. The fourth-order valence-corrected chi connectivity index (χ4v) is 2.26. The van der Waals surface area contributed by atoms with Gasteiger partial charge in [-0.1, -0.05) is 12.8 Å². The standard InChI is InChI=1S/C11H19N5/c12-5-6-14-9-7-15-11(13)16-10(9)8-3-1-2-4-8/h7-8,14H,1-6,12H2,(H2,13,15,16). The highest BCUT2D eigenvalue weighted by molar-refractivity contribution is 5.49. The van der Waals surface area contributed by atoms with Gasteiger partial charge in [0.05, 0.1) is 17.6 Å². The molecule has 0 aliphatic heterocycles. The average molecular weight is 221 g/mol. The van der Waals surface area contributed by atoms with Crippen LogP contribution in [0.1, 0.15) is 37.3 Å². The van der Waals surface area contributed by atoms with Crippen molar-refractivity contribution >= 4 is 11.6 Å². The molecule has 1 aromatic heterocycles. The zero-order valence-electron chi connectivity index (χ0n) is 9.45. The van der Waals surface area contributed by atoms with Gasteiger partial charge in [-0.2, -0.15) is 0 Å². The lowest BCUT2D eigenvalue weighted by atomic mass is 10.0. The number of rotatable bonds is 4. The highest BCUT2D eigenvalue weighted by Gasteiger charge is 2.21. The van der Waals surface area contributed by atoms with Crippen molar-refractivity contribution in [3.63, 3.8) is 0 Å². The maximum atomic E-state index is 5.65. The van der Waals surface area contributed by atoms with Crippen LogP contribution in [-0.4, -0.2) is 23.1 Å². The molecule has 1 aliphatic rings. The van der Waals surface area contributed by atoms with Crippen LogP contribution >= 0.6 is 0 Å². The van der Waals surface area contributed by atoms with E-state index in [1.807, 2.05) is 0 Å². The van der Waals surface area contributed by atoms with Gasteiger partial charge in [-0.25, -0.2) is 9.97 Å². The molecule has 0 unspecified atom stereocenters. The molecular weight excluding hydrogens is 202 g/mol. The van der Waals surface area contributed by atoms with Gasteiger partial charge < -0.3 is 16.8 Å². The predicted molar refractivity (Wildman–Crippen MR) is 65.2 cm³/mol. The van der Waals surface area contributed by atoms with E-state index < -0.39 is 0 Å². The first-order valence-corrected chi connectivity index (χ1v) is 5.87. The minimum atomic E-state index is 0.361. The third-order valence-corrected chi connectivity index (χ3v) is 3.04. The average Bonchev–Trinajstić information content (AvgIpc) is 2.80. The smallest absolute Gasteiger partial charge is 0.220 e. The molecule has 0 saturated heterocycles. The van der Waals surface area contributed by atoms with Crippen LogP contribution in [0.15, 0.2) is 6.20 Å². The van der Waals surface area contributed by atoms with Crippen LogP contribution in [0, 0.1) is 0 Å². The maximum Gasteiger partial charge on any atom is 0.220 e. The number of hydrogen-bond donors (Lipinski definition) is 3. The summed E-state index contributed by atoms with van der Waals surface area (Å²) in [5.74, 6) is 0.894. The lowest BCUT2D eigenvalue weighted by molar-refractivity contribution is 0.697. The minimum absolute atomic E-state index is 0.361. The van der Waals surface area contributed by atoms with E-state index >= 15 is 0 Å². The Morgan fingerprint density at radius 3 is 2.81 bits per heavy atom. The Morgan fingerprint density at radius 1 is 1.38 bits per heavy atom. The predicted octanol–water partition coefficient (Wildman–Crippen LogP) is 1.09. The van der Waals surface area contributed by atoms with Gasteiger partial charge in [0.2, 0.25) is 5.95 Å². The number of hydrogen-bond acceptors (Lipinski definition) is 5. The van der Waals surface area contributed by atoms with Gasteiger partial charge in [-0.3, -0.25) is 0 Å². The van der Waals surface area contributed by atoms with Crippen molar-refractivity contribution in [2.75, 3.05) is 24.1 Å². The first kappa shape index (κ1) is 11.1. The number of nitrogens with zero attached hydrogens (tertiary/aromatic N) is 2. The van der Waals surface area contributed by atoms with Crippen molar-refractivity contribution < 1.29 is 0 Å². The van der Waals surface area contributed by atoms with E-state index in [4.69, 9.17) is 11.5 Å². The Bertz CT molecular complexity index is 346. The molecule has 1 aliphatic carbocycles. The molecule has 88 valence electrons. The summed E-state index contributed by atoms with van der Waals surface area (Å²) in [6.45, 7) is 1.35. The molecule has 0 bridgehead atoms. The third-order valence-electron chi connectivity index (χ3n) is 3.04. The molecule has 2 rings (SSSR count). The molecule has 1 fully saturated rings. The lowest BCUT2D eigenvalue weighted by Crippen LogP contribution is -2.16. The molecule has 0 aromatic carbocycles. The summed E-state index contributed by atoms with van der Waals surface area (Å²) in [6.07, 6.45) is 6.74. The first-order valence-electron chi connectivity index (χ1n) is 5.87. The largest absolute Gasteiger partial charge is 0.381 e. The summed E-state index contributed by atoms with van der Waals surface area (Å²) in [5.41, 5.74) is 13.2. The van der Waals surface area contributed by atoms with E-state index in [0.29, 0.717) is 18.4 Å². The minimum Gasteiger partial charge on any atom is -0.381 e. The van der Waals surface area contributed by atoms with E-state index in [1.54, 1.807) is 6.20 Å². The lowest BCUT2D eigenvalue weighted by Gasteiger charge is -2.15. The molecule has 5 N–H and O–H groups in total. The molecule has 5 nitrogen and oxygen atoms in total. The van der Waals surface area contributed by atoms with Crippen molar-refractivity contribution in [3.8, 4) is 0 Å². The second-order valence-electron chi connectivity index (χ2n) is 4.22. The van der Waals surface area contributed by atoms with Crippen molar-refractivity contribution in [3.05, 3.63) is 11.9 Å². The van der Waals surface area contributed by atoms with Crippen LogP contribution in [-0.2, 0) is 0 Å². The summed E-state index contributed by atoms with van der Waals surface area (Å²) >= 11 is 0. The quantitative estimate of drug-likeness (QED) is 0.708. The Morgan fingerprint density at radius 2 is 2.12 bits per heavy atom. The van der Waals surface area contributed by atoms with E-state index in [9.17, 15) is 0 Å². The van der Waals surface area contributed by atoms with E-state index in [1.165, 1.54) is 25.7 Å². The molecule has 1 heterocycles. The van der Waals surface area contributed by atoms with Crippen LogP contribution < -0.4 is 16.8 Å². The van der Waals surface area contributed by atoms with Gasteiger partial charge in [0.15, 0.2) is 0 Å². The zero-order chi connectivity index (χ0) is 11.4. The highest BCUT2D eigenvalue weighted by atomic mass is 15.0. The van der Waals surface area contributed by atoms with E-state index in [0.717, 1.165) is 17.9 Å². The number of nitrogen functional groups attached to an aromatic ring is 1. The normalized spacial score (nSPS) is 16.6. The Labute approximate surface area is 95.6 Å². The summed E-state index contributed by atoms with van der Waals surface area (Å²) < 4.78 is 0. The molecular formula is C11H19N5. The zero-order valence-corrected chi connectivity index (χ0v) is 9.45. The van der Waals surface area contributed by atoms with Gasteiger partial charge >= 0.3 is 0 Å². The van der Waals surface area contributed by atoms with Crippen LogP contribution in [0.3, 0.4) is 0 Å². The van der Waals surface area contributed by atoms with Gasteiger partial charge in [-0.15, -0.1) is 0 Å². The Balaban J connectivity index is 2.21. The second kappa shape index (κ2) is 5.12. The molecule has 1 aromatic rings. The van der Waals surface area contributed by atoms with Gasteiger partial charge in [0.1, 0.15) is 0 Å². The Hall–Kier alpha value is -1.36. The van der Waals surface area contributed by atoms with Gasteiger partial charge in [-0.05, 0) is 12.8 Å². The number of nitrogens with one attached hydrogen (secondary N) is 1. The van der Waals surface area contributed by atoms with Crippen LogP contribution in [0.25, 0.3) is 0 Å². The summed E-state index contributed by atoms with van der Waals surface area (Å²) in [6, 6.07) is 0. The highest BCUT2D eigenvalue weighted by Crippen LogP contribution is 2.36. The molecule has 16 heavy (non-hydrogen) atoms. The van der Waals surface area contributed by atoms with E-state index in [-0.39, 0.29) is 0 Å². The summed E-state index contributed by atoms with van der Waals surface area (Å²) in [4.78, 5) is 8.40. The molecule has 1 saturated carbocycles. The number of anilines is 2. The number of nitrogens with two attached hydrogens (primary N) is 2. The summed E-state index contributed by atoms with van der Waals surface area (Å²) in [7, 11) is 0. The van der Waals surface area contributed by atoms with Crippen molar-refractivity contribution in [2.24, 2.45) is 5.73 Å². The SMILES string of the molecule is NCCNc1cnc(N)nc1C1CCCC1. The van der Waals surface area contributed by atoms with Crippen LogP contribution in [0.4, 0.5) is 11.6 Å². The van der Waals surface area contributed by atoms with Gasteiger partial charge in [0, 0.05) is 19.0 Å². The topological polar surface area (TPSA) is 89.8 Å².